The van der Waals surface area contributed by atoms with E-state index >= 15 is 0 Å². The molecular weight excluding hydrogens is 484 g/mol. The molecule has 2 aliphatic rings. The summed E-state index contributed by atoms with van der Waals surface area (Å²) in [7, 11) is 1.55. The normalized spacial score (nSPS) is 20.1. The fourth-order valence-electron chi connectivity index (χ4n) is 5.32. The zero-order chi connectivity index (χ0) is 27.4. The van der Waals surface area contributed by atoms with Crippen LogP contribution in [0.25, 0.3) is 5.76 Å². The zero-order valence-electron chi connectivity index (χ0n) is 23.0. The number of methoxy groups -OCH3 is 1. The molecule has 4 rings (SSSR count). The van der Waals surface area contributed by atoms with Crippen molar-refractivity contribution in [2.24, 2.45) is 0 Å². The number of carbonyl (C=O) groups is 2. The number of nitrogens with zero attached hydrogens (tertiary/aromatic N) is 2. The molecule has 1 fully saturated rings. The van der Waals surface area contributed by atoms with Crippen LogP contribution in [0.4, 0.5) is 0 Å². The van der Waals surface area contributed by atoms with Gasteiger partial charge in [0.25, 0.3) is 11.7 Å². The summed E-state index contributed by atoms with van der Waals surface area (Å²) in [6, 6.07) is 10.0. The second-order valence-corrected chi connectivity index (χ2v) is 9.67. The molecule has 1 saturated heterocycles. The fourth-order valence-corrected chi connectivity index (χ4v) is 5.32. The van der Waals surface area contributed by atoms with Crippen LogP contribution in [0.3, 0.4) is 0 Å². The van der Waals surface area contributed by atoms with E-state index in [0.29, 0.717) is 42.2 Å². The molecule has 204 valence electrons. The SMILES string of the molecule is CCOc1ccc(C2/C(=C(\O)c3ccc4c(c3)CC(C)O4)C(=O)C(=O)N2CCCN(CC)CC)cc1OC. The van der Waals surface area contributed by atoms with Gasteiger partial charge in [-0.05, 0) is 81.4 Å². The van der Waals surface area contributed by atoms with E-state index in [1.807, 2.05) is 32.0 Å². The lowest BCUT2D eigenvalue weighted by Crippen LogP contribution is -2.33. The lowest BCUT2D eigenvalue weighted by molar-refractivity contribution is -0.140. The Morgan fingerprint density at radius 1 is 1.11 bits per heavy atom. The molecule has 0 aromatic heterocycles. The lowest BCUT2D eigenvalue weighted by atomic mass is 9.94. The van der Waals surface area contributed by atoms with Crippen LogP contribution in [-0.2, 0) is 16.0 Å². The third kappa shape index (κ3) is 5.36. The van der Waals surface area contributed by atoms with Crippen LogP contribution in [0.15, 0.2) is 42.0 Å². The number of ketones is 1. The van der Waals surface area contributed by atoms with Crippen LogP contribution in [0, 0.1) is 0 Å². The second kappa shape index (κ2) is 11.9. The molecule has 1 amide bonds. The number of fused-ring (bicyclic) bond motifs is 1. The minimum Gasteiger partial charge on any atom is -0.507 e. The molecule has 1 N–H and O–H groups in total. The molecule has 0 radical (unpaired) electrons. The van der Waals surface area contributed by atoms with Crippen LogP contribution in [0.1, 0.15) is 56.8 Å². The van der Waals surface area contributed by atoms with Gasteiger partial charge in [-0.25, -0.2) is 0 Å². The highest BCUT2D eigenvalue weighted by Crippen LogP contribution is 2.42. The Kier molecular flexibility index (Phi) is 8.62. The minimum absolute atomic E-state index is 0.0510. The first-order valence-corrected chi connectivity index (χ1v) is 13.4. The molecule has 2 aromatic rings. The average molecular weight is 523 g/mol. The van der Waals surface area contributed by atoms with Crippen molar-refractivity contribution in [3.8, 4) is 17.2 Å². The van der Waals surface area contributed by atoms with Gasteiger partial charge in [-0.3, -0.25) is 9.59 Å². The van der Waals surface area contributed by atoms with Crippen LogP contribution >= 0.6 is 0 Å². The van der Waals surface area contributed by atoms with Gasteiger partial charge in [0.15, 0.2) is 11.5 Å². The van der Waals surface area contributed by atoms with Gasteiger partial charge >= 0.3 is 0 Å². The van der Waals surface area contributed by atoms with Crippen molar-refractivity contribution in [1.29, 1.82) is 0 Å². The molecular formula is C30H38N2O6. The van der Waals surface area contributed by atoms with E-state index < -0.39 is 17.7 Å². The van der Waals surface area contributed by atoms with Gasteiger partial charge < -0.3 is 29.1 Å². The smallest absolute Gasteiger partial charge is 0.295 e. The maximum Gasteiger partial charge on any atom is 0.295 e. The Bertz CT molecular complexity index is 1220. The Balaban J connectivity index is 1.78. The molecule has 2 atom stereocenters. The summed E-state index contributed by atoms with van der Waals surface area (Å²) in [6.45, 7) is 11.6. The first-order chi connectivity index (χ1) is 18.3. The van der Waals surface area contributed by atoms with Crippen molar-refractivity contribution < 1.29 is 28.9 Å². The number of carbonyl (C=O) groups excluding carboxylic acids is 2. The number of likely N-dealkylation sites (tertiary alicyclic amines) is 1. The number of aliphatic hydroxyl groups is 1. The van der Waals surface area contributed by atoms with Crippen molar-refractivity contribution in [1.82, 2.24) is 9.80 Å². The minimum atomic E-state index is -0.750. The molecule has 8 nitrogen and oxygen atoms in total. The molecule has 0 bridgehead atoms. The Morgan fingerprint density at radius 2 is 1.87 bits per heavy atom. The molecule has 0 saturated carbocycles. The molecule has 2 aromatic carbocycles. The molecule has 38 heavy (non-hydrogen) atoms. The number of rotatable bonds is 11. The summed E-state index contributed by atoms with van der Waals surface area (Å²) in [5, 5.41) is 11.5. The monoisotopic (exact) mass is 522 g/mol. The number of hydrogen-bond donors (Lipinski definition) is 1. The average Bonchev–Trinajstić information content (AvgIpc) is 3.42. The van der Waals surface area contributed by atoms with Crippen LogP contribution in [0.2, 0.25) is 0 Å². The maximum atomic E-state index is 13.4. The maximum absolute atomic E-state index is 13.4. The summed E-state index contributed by atoms with van der Waals surface area (Å²) in [6.07, 6.45) is 1.47. The summed E-state index contributed by atoms with van der Waals surface area (Å²) in [5.74, 6) is 0.371. The Hall–Kier alpha value is -3.52. The van der Waals surface area contributed by atoms with Gasteiger partial charge in [0.05, 0.1) is 25.3 Å². The van der Waals surface area contributed by atoms with Gasteiger partial charge in [-0.2, -0.15) is 0 Å². The highest BCUT2D eigenvalue weighted by atomic mass is 16.5. The summed E-state index contributed by atoms with van der Waals surface area (Å²) in [4.78, 5) is 30.6. The number of aliphatic hydroxyl groups excluding tert-OH is 1. The fraction of sp³-hybridized carbons (Fsp3) is 0.467. The van der Waals surface area contributed by atoms with E-state index in [9.17, 15) is 14.7 Å². The summed E-state index contributed by atoms with van der Waals surface area (Å²) < 4.78 is 17.0. The van der Waals surface area contributed by atoms with Gasteiger partial charge in [0, 0.05) is 18.5 Å². The van der Waals surface area contributed by atoms with Crippen LogP contribution < -0.4 is 14.2 Å². The molecule has 2 unspecified atom stereocenters. The topological polar surface area (TPSA) is 88.5 Å². The predicted molar refractivity (Wildman–Crippen MR) is 146 cm³/mol. The van der Waals surface area contributed by atoms with Gasteiger partial charge in [-0.1, -0.05) is 19.9 Å². The van der Waals surface area contributed by atoms with Crippen molar-refractivity contribution >= 4 is 17.4 Å². The first-order valence-electron chi connectivity index (χ1n) is 13.4. The van der Waals surface area contributed by atoms with E-state index in [-0.39, 0.29) is 17.4 Å². The van der Waals surface area contributed by atoms with Crippen molar-refractivity contribution in [3.63, 3.8) is 0 Å². The van der Waals surface area contributed by atoms with Gasteiger partial charge in [0.2, 0.25) is 0 Å². The van der Waals surface area contributed by atoms with Gasteiger partial charge in [-0.15, -0.1) is 0 Å². The Labute approximate surface area is 224 Å². The summed E-state index contributed by atoms with van der Waals surface area (Å²) >= 11 is 0. The third-order valence-electron chi connectivity index (χ3n) is 7.28. The van der Waals surface area contributed by atoms with Crippen LogP contribution in [-0.4, -0.2) is 72.6 Å². The van der Waals surface area contributed by atoms with Crippen LogP contribution in [0.5, 0.6) is 17.2 Å². The second-order valence-electron chi connectivity index (χ2n) is 9.67. The van der Waals surface area contributed by atoms with E-state index in [1.165, 1.54) is 0 Å². The molecule has 2 heterocycles. The molecule has 2 aliphatic heterocycles. The number of benzene rings is 2. The van der Waals surface area contributed by atoms with E-state index in [4.69, 9.17) is 14.2 Å². The van der Waals surface area contributed by atoms with Crippen molar-refractivity contribution in [3.05, 3.63) is 58.7 Å². The number of Topliss-reactive ketones (excluding diaryl/α,β-unsaturated/α-hetero) is 1. The first kappa shape index (κ1) is 27.5. The zero-order valence-corrected chi connectivity index (χ0v) is 23.0. The molecule has 0 spiro atoms. The van der Waals surface area contributed by atoms with Gasteiger partial charge in [0.1, 0.15) is 17.6 Å². The quantitative estimate of drug-likeness (QED) is 0.263. The van der Waals surface area contributed by atoms with Crippen molar-refractivity contribution in [2.75, 3.05) is 39.9 Å². The highest BCUT2D eigenvalue weighted by Gasteiger charge is 2.46. The van der Waals surface area contributed by atoms with E-state index in [0.717, 1.165) is 37.4 Å². The third-order valence-corrected chi connectivity index (χ3v) is 7.28. The largest absolute Gasteiger partial charge is 0.507 e. The van der Waals surface area contributed by atoms with E-state index in [2.05, 4.69) is 18.7 Å². The van der Waals surface area contributed by atoms with E-state index in [1.54, 1.807) is 30.2 Å². The number of hydrogen-bond acceptors (Lipinski definition) is 7. The Morgan fingerprint density at radius 3 is 2.55 bits per heavy atom. The number of ether oxygens (including phenoxy) is 3. The predicted octanol–water partition coefficient (Wildman–Crippen LogP) is 4.57. The molecule has 0 aliphatic carbocycles. The molecule has 8 heteroatoms. The lowest BCUT2D eigenvalue weighted by Gasteiger charge is -2.27. The highest BCUT2D eigenvalue weighted by molar-refractivity contribution is 6.46. The van der Waals surface area contributed by atoms with Crippen molar-refractivity contribution in [2.45, 2.75) is 52.7 Å². The standard InChI is InChI=1S/C30H38N2O6/c1-6-31(7-2)14-9-15-32-27(20-10-13-24(37-8-3)25(18-20)36-5)26(29(34)30(32)35)28(33)21-11-12-23-22(17-21)16-19(4)38-23/h10-13,17-19,27,33H,6-9,14-16H2,1-5H3/b28-26+. The number of amides is 1. The summed E-state index contributed by atoms with van der Waals surface area (Å²) in [5.41, 5.74) is 2.21.